The van der Waals surface area contributed by atoms with E-state index in [1.54, 1.807) is 6.07 Å². The number of carbonyl (C=O) groups excluding carboxylic acids is 1. The molecule has 0 aliphatic heterocycles. The molecule has 1 amide bonds. The zero-order valence-corrected chi connectivity index (χ0v) is 16.7. The fourth-order valence-corrected chi connectivity index (χ4v) is 3.68. The number of anilines is 1. The van der Waals surface area contributed by atoms with Crippen LogP contribution in [0.2, 0.25) is 5.02 Å². The molecule has 0 aliphatic rings. The van der Waals surface area contributed by atoms with Crippen LogP contribution in [0.25, 0.3) is 0 Å². The van der Waals surface area contributed by atoms with E-state index in [0.29, 0.717) is 22.2 Å². The highest BCUT2D eigenvalue weighted by Crippen LogP contribution is 2.36. The molecule has 0 unspecified atom stereocenters. The highest BCUT2D eigenvalue weighted by Gasteiger charge is 2.17. The molecule has 0 fully saturated rings. The van der Waals surface area contributed by atoms with Crippen molar-refractivity contribution in [3.8, 4) is 11.5 Å². The Kier molecular flexibility index (Phi) is 7.06. The summed E-state index contributed by atoms with van der Waals surface area (Å²) in [7, 11) is 0.890. The summed E-state index contributed by atoms with van der Waals surface area (Å²) in [6.45, 7) is 0.1000. The summed E-state index contributed by atoms with van der Waals surface area (Å²) in [5.74, 6) is 0.190. The molecule has 2 aromatic rings. The number of nitrogens with one attached hydrogen (secondary N) is 1. The third-order valence-electron chi connectivity index (χ3n) is 3.75. The van der Waals surface area contributed by atoms with Crippen LogP contribution in [0.3, 0.4) is 0 Å². The smallest absolute Gasteiger partial charge is 0.255 e. The molecule has 0 spiro atoms. The Morgan fingerprint density at radius 3 is 2.22 bits per heavy atom. The highest BCUT2D eigenvalue weighted by molar-refractivity contribution is 7.91. The van der Waals surface area contributed by atoms with Gasteiger partial charge < -0.3 is 19.5 Å². The van der Waals surface area contributed by atoms with Gasteiger partial charge in [-0.3, -0.25) is 4.79 Å². The molecule has 0 aromatic heterocycles. The van der Waals surface area contributed by atoms with Crippen molar-refractivity contribution >= 4 is 33.0 Å². The number of amides is 1. The topological polar surface area (TPSA) is 90.9 Å². The summed E-state index contributed by atoms with van der Waals surface area (Å²) in [5.41, 5.74) is 0.664. The van der Waals surface area contributed by atoms with Crippen molar-refractivity contribution in [2.75, 3.05) is 39.0 Å². The van der Waals surface area contributed by atoms with Crippen LogP contribution in [0.1, 0.15) is 10.4 Å². The number of sulfone groups is 1. The Morgan fingerprint density at radius 1 is 1.04 bits per heavy atom. The van der Waals surface area contributed by atoms with E-state index in [0.717, 1.165) is 0 Å². The SMILES string of the molecule is COCCS(=O)(=O)c1ccc(C(=O)Nc2cc(OC)c(Cl)cc2OC)cc1. The van der Waals surface area contributed by atoms with Gasteiger partial charge in [0.2, 0.25) is 0 Å². The first-order valence-corrected chi connectivity index (χ1v) is 9.90. The van der Waals surface area contributed by atoms with Gasteiger partial charge >= 0.3 is 0 Å². The first kappa shape index (κ1) is 21.0. The molecular weight excluding hydrogens is 394 g/mol. The number of hydrogen-bond acceptors (Lipinski definition) is 6. The normalized spacial score (nSPS) is 11.1. The van der Waals surface area contributed by atoms with Crippen LogP contribution in [0.4, 0.5) is 5.69 Å². The summed E-state index contributed by atoms with van der Waals surface area (Å²) in [6.07, 6.45) is 0. The van der Waals surface area contributed by atoms with Gasteiger partial charge in [-0.05, 0) is 24.3 Å². The Morgan fingerprint density at radius 2 is 1.67 bits per heavy atom. The lowest BCUT2D eigenvalue weighted by molar-refractivity contribution is 0.102. The van der Waals surface area contributed by atoms with Gasteiger partial charge in [0.1, 0.15) is 11.5 Å². The molecule has 2 aromatic carbocycles. The number of halogens is 1. The second-order valence-electron chi connectivity index (χ2n) is 5.48. The molecule has 0 aliphatic carbocycles. The fraction of sp³-hybridized carbons (Fsp3) is 0.278. The van der Waals surface area contributed by atoms with E-state index < -0.39 is 15.7 Å². The summed E-state index contributed by atoms with van der Waals surface area (Å²) in [4.78, 5) is 12.6. The number of benzene rings is 2. The molecule has 7 nitrogen and oxygen atoms in total. The van der Waals surface area contributed by atoms with Crippen molar-refractivity contribution in [3.05, 3.63) is 47.0 Å². The minimum atomic E-state index is -3.46. The minimum Gasteiger partial charge on any atom is -0.495 e. The van der Waals surface area contributed by atoms with Crippen LogP contribution in [-0.4, -0.2) is 48.0 Å². The molecule has 2 rings (SSSR count). The van der Waals surface area contributed by atoms with Crippen molar-refractivity contribution in [1.29, 1.82) is 0 Å². The monoisotopic (exact) mass is 413 g/mol. The molecule has 0 saturated carbocycles. The first-order chi connectivity index (χ1) is 12.8. The molecule has 9 heteroatoms. The van der Waals surface area contributed by atoms with Gasteiger partial charge in [-0.15, -0.1) is 0 Å². The van der Waals surface area contributed by atoms with Crippen molar-refractivity contribution in [1.82, 2.24) is 0 Å². The van der Waals surface area contributed by atoms with Gasteiger partial charge in [-0.25, -0.2) is 8.42 Å². The zero-order valence-electron chi connectivity index (χ0n) is 15.1. The maximum Gasteiger partial charge on any atom is 0.255 e. The van der Waals surface area contributed by atoms with Crippen molar-refractivity contribution in [2.45, 2.75) is 4.90 Å². The summed E-state index contributed by atoms with van der Waals surface area (Å²) >= 11 is 6.05. The number of hydrogen-bond donors (Lipinski definition) is 1. The zero-order chi connectivity index (χ0) is 20.0. The van der Waals surface area contributed by atoms with E-state index in [2.05, 4.69) is 5.32 Å². The predicted molar refractivity (Wildman–Crippen MR) is 103 cm³/mol. The van der Waals surface area contributed by atoms with E-state index in [1.807, 2.05) is 0 Å². The van der Waals surface area contributed by atoms with Crippen LogP contribution >= 0.6 is 11.6 Å². The highest BCUT2D eigenvalue weighted by atomic mass is 35.5. The van der Waals surface area contributed by atoms with Crippen LogP contribution in [0, 0.1) is 0 Å². The number of ether oxygens (including phenoxy) is 3. The standard InChI is InChI=1S/C18H20ClNO6S/c1-24-8-9-27(22,23)13-6-4-12(5-7-13)18(21)20-15-11-16(25-2)14(19)10-17(15)26-3/h4-7,10-11H,8-9H2,1-3H3,(H,20,21). The number of rotatable bonds is 8. The van der Waals surface area contributed by atoms with Crippen molar-refractivity contribution < 1.29 is 27.4 Å². The average Bonchev–Trinajstić information content (AvgIpc) is 2.67. The van der Waals surface area contributed by atoms with Gasteiger partial charge in [0, 0.05) is 24.8 Å². The Balaban J connectivity index is 2.22. The number of methoxy groups -OCH3 is 3. The molecule has 27 heavy (non-hydrogen) atoms. The lowest BCUT2D eigenvalue weighted by Gasteiger charge is -2.13. The molecule has 1 N–H and O–H groups in total. The molecule has 146 valence electrons. The van der Waals surface area contributed by atoms with E-state index >= 15 is 0 Å². The Hall–Kier alpha value is -2.29. The lowest BCUT2D eigenvalue weighted by atomic mass is 10.2. The lowest BCUT2D eigenvalue weighted by Crippen LogP contribution is -2.14. The quantitative estimate of drug-likeness (QED) is 0.715. The fourth-order valence-electron chi connectivity index (χ4n) is 2.28. The second-order valence-corrected chi connectivity index (χ2v) is 7.99. The predicted octanol–water partition coefficient (Wildman–Crippen LogP) is 3.03. The van der Waals surface area contributed by atoms with Crippen LogP contribution in [0.15, 0.2) is 41.3 Å². The maximum atomic E-state index is 12.5. The Labute approximate surface area is 163 Å². The first-order valence-electron chi connectivity index (χ1n) is 7.87. The number of carbonyl (C=O) groups is 1. The average molecular weight is 414 g/mol. The van der Waals surface area contributed by atoms with E-state index in [4.69, 9.17) is 25.8 Å². The summed E-state index contributed by atoms with van der Waals surface area (Å²) in [5, 5.41) is 3.05. The maximum absolute atomic E-state index is 12.5. The van der Waals surface area contributed by atoms with Gasteiger partial charge in [0.05, 0.1) is 42.2 Å². The third-order valence-corrected chi connectivity index (χ3v) is 5.74. The third kappa shape index (κ3) is 5.12. The summed E-state index contributed by atoms with van der Waals surface area (Å²) < 4.78 is 39.4. The molecule has 0 atom stereocenters. The summed E-state index contributed by atoms with van der Waals surface area (Å²) in [6, 6.07) is 8.73. The molecule has 0 radical (unpaired) electrons. The van der Waals surface area contributed by atoms with Crippen LogP contribution in [-0.2, 0) is 14.6 Å². The Bertz CT molecular complexity index is 912. The molecule has 0 bridgehead atoms. The molecular formula is C18H20ClNO6S. The van der Waals surface area contributed by atoms with E-state index in [1.165, 1.54) is 51.7 Å². The van der Waals surface area contributed by atoms with Gasteiger partial charge in [0.15, 0.2) is 9.84 Å². The molecule has 0 saturated heterocycles. The second kappa shape index (κ2) is 9.07. The van der Waals surface area contributed by atoms with E-state index in [-0.39, 0.29) is 22.8 Å². The van der Waals surface area contributed by atoms with E-state index in [9.17, 15) is 13.2 Å². The van der Waals surface area contributed by atoms with Crippen LogP contribution < -0.4 is 14.8 Å². The molecule has 0 heterocycles. The van der Waals surface area contributed by atoms with Gasteiger partial charge in [-0.2, -0.15) is 0 Å². The van der Waals surface area contributed by atoms with Gasteiger partial charge in [0.25, 0.3) is 5.91 Å². The van der Waals surface area contributed by atoms with Crippen molar-refractivity contribution in [3.63, 3.8) is 0 Å². The van der Waals surface area contributed by atoms with Crippen LogP contribution in [0.5, 0.6) is 11.5 Å². The van der Waals surface area contributed by atoms with Crippen molar-refractivity contribution in [2.24, 2.45) is 0 Å². The largest absolute Gasteiger partial charge is 0.495 e. The minimum absolute atomic E-state index is 0.1000. The van der Waals surface area contributed by atoms with Gasteiger partial charge in [-0.1, -0.05) is 11.6 Å².